The maximum atomic E-state index is 2.63. The van der Waals surface area contributed by atoms with Crippen LogP contribution >= 0.6 is 0 Å². The van der Waals surface area contributed by atoms with Crippen LogP contribution in [0.1, 0.15) is 33.1 Å². The van der Waals surface area contributed by atoms with Gasteiger partial charge < -0.3 is 9.80 Å². The van der Waals surface area contributed by atoms with E-state index in [0.717, 1.165) is 5.92 Å². The Labute approximate surface area is 89.3 Å². The van der Waals surface area contributed by atoms with Crippen molar-refractivity contribution in [1.82, 2.24) is 9.80 Å². The first-order valence-corrected chi connectivity index (χ1v) is 6.13. The minimum absolute atomic E-state index is 0.899. The van der Waals surface area contributed by atoms with Gasteiger partial charge in [-0.2, -0.15) is 0 Å². The SMILES string of the molecule is CC[C@H](C)CCN1CCCN(C)CC1. The Morgan fingerprint density at radius 2 is 1.93 bits per heavy atom. The summed E-state index contributed by atoms with van der Waals surface area (Å²) in [6.45, 7) is 11.1. The van der Waals surface area contributed by atoms with Gasteiger partial charge in [-0.15, -0.1) is 0 Å². The fourth-order valence-electron chi connectivity index (χ4n) is 1.93. The molecule has 1 fully saturated rings. The predicted octanol–water partition coefficient (Wildman–Crippen LogP) is 2.06. The molecule has 1 atom stereocenters. The van der Waals surface area contributed by atoms with Gasteiger partial charge in [-0.25, -0.2) is 0 Å². The van der Waals surface area contributed by atoms with Gasteiger partial charge in [0.05, 0.1) is 0 Å². The third kappa shape index (κ3) is 4.43. The lowest BCUT2D eigenvalue weighted by Gasteiger charge is -2.21. The molecule has 0 spiro atoms. The molecule has 84 valence electrons. The maximum absolute atomic E-state index is 2.63. The second kappa shape index (κ2) is 6.41. The summed E-state index contributed by atoms with van der Waals surface area (Å²) < 4.78 is 0. The normalized spacial score (nSPS) is 23.4. The van der Waals surface area contributed by atoms with Gasteiger partial charge in [0.1, 0.15) is 0 Å². The van der Waals surface area contributed by atoms with Crippen LogP contribution < -0.4 is 0 Å². The van der Waals surface area contributed by atoms with Crippen molar-refractivity contribution >= 4 is 0 Å². The first-order chi connectivity index (χ1) is 6.72. The lowest BCUT2D eigenvalue weighted by atomic mass is 10.1. The number of rotatable bonds is 4. The van der Waals surface area contributed by atoms with Crippen LogP contribution in [-0.2, 0) is 0 Å². The van der Waals surface area contributed by atoms with Gasteiger partial charge in [0.25, 0.3) is 0 Å². The van der Waals surface area contributed by atoms with Crippen LogP contribution in [-0.4, -0.2) is 49.6 Å². The Kier molecular flexibility index (Phi) is 5.49. The quantitative estimate of drug-likeness (QED) is 0.682. The molecule has 1 heterocycles. The second-order valence-electron chi connectivity index (χ2n) is 4.80. The minimum Gasteiger partial charge on any atom is -0.305 e. The highest BCUT2D eigenvalue weighted by Crippen LogP contribution is 2.09. The van der Waals surface area contributed by atoms with Crippen LogP contribution in [0.25, 0.3) is 0 Å². The van der Waals surface area contributed by atoms with Crippen LogP contribution in [0.5, 0.6) is 0 Å². The largest absolute Gasteiger partial charge is 0.305 e. The van der Waals surface area contributed by atoms with Crippen molar-refractivity contribution in [3.05, 3.63) is 0 Å². The summed E-state index contributed by atoms with van der Waals surface area (Å²) in [6.07, 6.45) is 4.05. The highest BCUT2D eigenvalue weighted by molar-refractivity contribution is 4.67. The summed E-state index contributed by atoms with van der Waals surface area (Å²) in [5.74, 6) is 0.899. The van der Waals surface area contributed by atoms with Crippen molar-refractivity contribution in [2.75, 3.05) is 39.8 Å². The molecule has 2 nitrogen and oxygen atoms in total. The van der Waals surface area contributed by atoms with Gasteiger partial charge in [0.15, 0.2) is 0 Å². The second-order valence-corrected chi connectivity index (χ2v) is 4.80. The summed E-state index contributed by atoms with van der Waals surface area (Å²) in [5, 5.41) is 0. The zero-order valence-corrected chi connectivity index (χ0v) is 10.1. The molecule has 2 heteroatoms. The molecule has 14 heavy (non-hydrogen) atoms. The van der Waals surface area contributed by atoms with Crippen molar-refractivity contribution in [1.29, 1.82) is 0 Å². The highest BCUT2D eigenvalue weighted by Gasteiger charge is 2.12. The molecule has 0 aromatic carbocycles. The summed E-state index contributed by atoms with van der Waals surface area (Å²) in [7, 11) is 2.23. The van der Waals surface area contributed by atoms with Gasteiger partial charge >= 0.3 is 0 Å². The van der Waals surface area contributed by atoms with Crippen LogP contribution in [0.2, 0.25) is 0 Å². The van der Waals surface area contributed by atoms with E-state index in [2.05, 4.69) is 30.7 Å². The first kappa shape index (κ1) is 12.0. The van der Waals surface area contributed by atoms with Gasteiger partial charge in [0, 0.05) is 13.1 Å². The van der Waals surface area contributed by atoms with E-state index < -0.39 is 0 Å². The number of nitrogens with zero attached hydrogens (tertiary/aromatic N) is 2. The fourth-order valence-corrected chi connectivity index (χ4v) is 1.93. The number of likely N-dealkylation sites (N-methyl/N-ethyl adjacent to an activating group) is 1. The molecule has 1 aliphatic rings. The zero-order valence-electron chi connectivity index (χ0n) is 10.1. The average molecular weight is 198 g/mol. The maximum Gasteiger partial charge on any atom is 0.0109 e. The van der Waals surface area contributed by atoms with E-state index in [1.807, 2.05) is 0 Å². The third-order valence-electron chi connectivity index (χ3n) is 3.45. The van der Waals surface area contributed by atoms with Crippen molar-refractivity contribution in [2.45, 2.75) is 33.1 Å². The van der Waals surface area contributed by atoms with Gasteiger partial charge in [-0.05, 0) is 45.4 Å². The molecule has 0 N–H and O–H groups in total. The summed E-state index contributed by atoms with van der Waals surface area (Å²) in [6, 6.07) is 0. The topological polar surface area (TPSA) is 6.48 Å². The van der Waals surface area contributed by atoms with E-state index in [1.54, 1.807) is 0 Å². The summed E-state index contributed by atoms with van der Waals surface area (Å²) in [5.41, 5.74) is 0. The van der Waals surface area contributed by atoms with Crippen LogP contribution in [0.15, 0.2) is 0 Å². The van der Waals surface area contributed by atoms with Crippen molar-refractivity contribution in [2.24, 2.45) is 5.92 Å². The Hall–Kier alpha value is -0.0800. The van der Waals surface area contributed by atoms with E-state index in [-0.39, 0.29) is 0 Å². The minimum atomic E-state index is 0.899. The number of hydrogen-bond acceptors (Lipinski definition) is 2. The Bertz CT molecular complexity index is 147. The molecule has 0 saturated carbocycles. The van der Waals surface area contributed by atoms with Crippen LogP contribution in [0.4, 0.5) is 0 Å². The van der Waals surface area contributed by atoms with E-state index in [1.165, 1.54) is 52.0 Å². The van der Waals surface area contributed by atoms with E-state index >= 15 is 0 Å². The predicted molar refractivity (Wildman–Crippen MR) is 62.6 cm³/mol. The molecular formula is C12H26N2. The molecule has 0 bridgehead atoms. The summed E-state index contributed by atoms with van der Waals surface area (Å²) in [4.78, 5) is 5.08. The molecule has 1 rings (SSSR count). The van der Waals surface area contributed by atoms with Gasteiger partial charge in [0.2, 0.25) is 0 Å². The molecule has 0 amide bonds. The molecule has 0 radical (unpaired) electrons. The van der Waals surface area contributed by atoms with Crippen LogP contribution in [0.3, 0.4) is 0 Å². The Morgan fingerprint density at radius 3 is 2.64 bits per heavy atom. The van der Waals surface area contributed by atoms with Crippen molar-refractivity contribution < 1.29 is 0 Å². The van der Waals surface area contributed by atoms with Crippen LogP contribution in [0, 0.1) is 5.92 Å². The number of hydrogen-bond donors (Lipinski definition) is 0. The molecular weight excluding hydrogens is 172 g/mol. The van der Waals surface area contributed by atoms with E-state index in [9.17, 15) is 0 Å². The molecule has 0 aromatic heterocycles. The average Bonchev–Trinajstić information content (AvgIpc) is 2.39. The zero-order chi connectivity index (χ0) is 10.4. The lowest BCUT2D eigenvalue weighted by molar-refractivity contribution is 0.257. The van der Waals surface area contributed by atoms with Gasteiger partial charge in [-0.3, -0.25) is 0 Å². The smallest absolute Gasteiger partial charge is 0.0109 e. The monoisotopic (exact) mass is 198 g/mol. The molecule has 0 unspecified atom stereocenters. The third-order valence-corrected chi connectivity index (χ3v) is 3.45. The van der Waals surface area contributed by atoms with Gasteiger partial charge in [-0.1, -0.05) is 20.3 Å². The van der Waals surface area contributed by atoms with E-state index in [4.69, 9.17) is 0 Å². The molecule has 1 aliphatic heterocycles. The van der Waals surface area contributed by atoms with Crippen molar-refractivity contribution in [3.8, 4) is 0 Å². The molecule has 1 saturated heterocycles. The van der Waals surface area contributed by atoms with Crippen molar-refractivity contribution in [3.63, 3.8) is 0 Å². The lowest BCUT2D eigenvalue weighted by Crippen LogP contribution is -2.30. The molecule has 0 aromatic rings. The highest BCUT2D eigenvalue weighted by atomic mass is 15.2. The van der Waals surface area contributed by atoms with E-state index in [0.29, 0.717) is 0 Å². The summed E-state index contributed by atoms with van der Waals surface area (Å²) >= 11 is 0. The Morgan fingerprint density at radius 1 is 1.14 bits per heavy atom. The Balaban J connectivity index is 2.17. The molecule has 0 aliphatic carbocycles. The standard InChI is InChI=1S/C12H26N2/c1-4-12(2)6-9-14-8-5-7-13(3)10-11-14/h12H,4-11H2,1-3H3/t12-/m0/s1. The first-order valence-electron chi connectivity index (χ1n) is 6.13. The fraction of sp³-hybridized carbons (Fsp3) is 1.00.